The van der Waals surface area contributed by atoms with Crippen LogP contribution < -0.4 is 56.7 Å². The van der Waals surface area contributed by atoms with Crippen molar-refractivity contribution in [2.45, 2.75) is 78.2 Å². The molecule has 2 aromatic heterocycles. The van der Waals surface area contributed by atoms with Crippen molar-refractivity contribution in [1.29, 1.82) is 0 Å². The van der Waals surface area contributed by atoms with E-state index in [9.17, 15) is 4.79 Å². The number of azide groups is 1. The van der Waals surface area contributed by atoms with Crippen LogP contribution in [0.4, 0.5) is 10.5 Å². The lowest BCUT2D eigenvalue weighted by molar-refractivity contribution is 0.0525. The molecular formula is C70H82N14O8. The molecule has 480 valence electrons. The summed E-state index contributed by atoms with van der Waals surface area (Å²) in [5.41, 5.74) is 37.8. The Morgan fingerprint density at radius 2 is 0.946 bits per heavy atom. The van der Waals surface area contributed by atoms with E-state index in [1.54, 1.807) is 27.6 Å². The lowest BCUT2D eigenvalue weighted by atomic mass is 10.0. The Morgan fingerprint density at radius 1 is 0.533 bits per heavy atom. The molecule has 0 saturated carbocycles. The molecule has 0 aliphatic carbocycles. The zero-order chi connectivity index (χ0) is 65.5. The molecular weight excluding hydrogens is 1160 g/mol. The molecule has 22 heteroatoms. The minimum absolute atomic E-state index is 0.375. The van der Waals surface area contributed by atoms with Gasteiger partial charge in [0.1, 0.15) is 17.0 Å². The van der Waals surface area contributed by atoms with Crippen molar-refractivity contribution in [2.75, 3.05) is 72.4 Å². The summed E-state index contributed by atoms with van der Waals surface area (Å²) in [4.78, 5) is 14.3. The van der Waals surface area contributed by atoms with Gasteiger partial charge in [-0.1, -0.05) is 77.1 Å². The molecule has 2 heterocycles. The number of aromatic nitrogens is 6. The van der Waals surface area contributed by atoms with Gasteiger partial charge >= 0.3 is 6.09 Å². The van der Waals surface area contributed by atoms with Crippen LogP contribution in [-0.4, -0.2) is 114 Å². The number of amides is 1. The summed E-state index contributed by atoms with van der Waals surface area (Å²) >= 11 is 0. The Labute approximate surface area is 537 Å². The van der Waals surface area contributed by atoms with Crippen molar-refractivity contribution >= 4 is 33.3 Å². The van der Waals surface area contributed by atoms with Crippen molar-refractivity contribution in [3.05, 3.63) is 161 Å². The second-order valence-corrected chi connectivity index (χ2v) is 21.8. The Balaban J connectivity index is 0.000000246. The van der Waals surface area contributed by atoms with Gasteiger partial charge in [0.15, 0.2) is 34.5 Å². The van der Waals surface area contributed by atoms with Crippen LogP contribution in [0.1, 0.15) is 83.8 Å². The number of fused-ring (bicyclic) bond motifs is 2. The van der Waals surface area contributed by atoms with E-state index in [4.69, 9.17) is 74.5 Å². The topological polar surface area (TPSA) is 308 Å². The smallest absolute Gasteiger partial charge is 0.407 e. The second kappa shape index (κ2) is 36.4. The summed E-state index contributed by atoms with van der Waals surface area (Å²) in [5, 5.41) is 28.4. The Kier molecular flexibility index (Phi) is 27.3. The summed E-state index contributed by atoms with van der Waals surface area (Å²) in [6, 6.07) is 40.7. The van der Waals surface area contributed by atoms with Crippen molar-refractivity contribution in [3.8, 4) is 93.1 Å². The Morgan fingerprint density at radius 3 is 1.38 bits per heavy atom. The van der Waals surface area contributed by atoms with Gasteiger partial charge in [0.05, 0.1) is 63.4 Å². The standard InChI is InChI=1S/C38H46N10O4.C18H28N4O4.C14H8/c39-13-1-17-49-35-11-9-31(23-37(35)51-19-3-15-41)47-25-33(43-45-47)28-7-5-27-6-8-29(22-30(27)21-28)34-26-48(46-44-34)32-10-12-36(50-18-2-14-40)38(24-32)52-20-4-16-42;1-5-6-11-24-15-9-8-14(21-22-19)13-16(15)25-12-7-10-20-17(23)26-18(2,3)4;1-3-11-5-7-13-8-6-12(4-2)10-14(13)9-11/h5-12,21-26H,1-4,13-20,39-42H2;8-9,13H,5-7,10-12H2,1-4H3,(H,20,23);1-2,5-10H. The van der Waals surface area contributed by atoms with Crippen LogP contribution in [0.3, 0.4) is 0 Å². The van der Waals surface area contributed by atoms with Gasteiger partial charge in [-0.3, -0.25) is 0 Å². The first-order chi connectivity index (χ1) is 44.8. The molecule has 1 amide bonds. The average Bonchev–Trinajstić information content (AvgIpc) is 1.67. The third-order valence-electron chi connectivity index (χ3n) is 13.5. The Bertz CT molecular complexity index is 3760. The summed E-state index contributed by atoms with van der Waals surface area (Å²) in [6.07, 6.45) is 19.5. The number of nitrogens with two attached hydrogens (primary N) is 4. The second-order valence-electron chi connectivity index (χ2n) is 21.8. The number of alkyl carbamates (subject to hydrolysis) is 1. The fourth-order valence-electron chi connectivity index (χ4n) is 8.77. The molecule has 9 N–H and O–H groups in total. The van der Waals surface area contributed by atoms with Gasteiger partial charge in [-0.05, 0) is 191 Å². The number of terminal acetylenes is 2. The average molecular weight is 1250 g/mol. The van der Waals surface area contributed by atoms with Gasteiger partial charge in [-0.25, -0.2) is 14.2 Å². The zero-order valence-electron chi connectivity index (χ0n) is 52.8. The van der Waals surface area contributed by atoms with Crippen molar-refractivity contribution < 1.29 is 38.0 Å². The number of carbonyl (C=O) groups excluding carboxylic acids is 1. The number of unbranched alkanes of at least 4 members (excludes halogenated alkanes) is 1. The number of carbonyl (C=O) groups is 1. The minimum Gasteiger partial charge on any atom is -0.490 e. The van der Waals surface area contributed by atoms with Crippen molar-refractivity contribution in [2.24, 2.45) is 28.0 Å². The molecule has 0 aliphatic rings. The molecule has 0 bridgehead atoms. The van der Waals surface area contributed by atoms with Gasteiger partial charge in [-0.15, -0.1) is 23.0 Å². The van der Waals surface area contributed by atoms with E-state index in [2.05, 4.69) is 79.0 Å². The molecule has 0 radical (unpaired) electrons. The summed E-state index contributed by atoms with van der Waals surface area (Å²) < 4.78 is 43.9. The van der Waals surface area contributed by atoms with E-state index in [1.165, 1.54) is 0 Å². The quantitative estimate of drug-likeness (QED) is 0.00918. The maximum absolute atomic E-state index is 11.6. The highest BCUT2D eigenvalue weighted by Crippen LogP contribution is 2.35. The molecule has 7 aromatic carbocycles. The van der Waals surface area contributed by atoms with Crippen LogP contribution in [0.5, 0.6) is 34.5 Å². The molecule has 9 aromatic rings. The highest BCUT2D eigenvalue weighted by molar-refractivity contribution is 5.90. The van der Waals surface area contributed by atoms with Gasteiger partial charge in [0.2, 0.25) is 0 Å². The van der Waals surface area contributed by atoms with E-state index in [-0.39, 0.29) is 0 Å². The van der Waals surface area contributed by atoms with Crippen molar-refractivity contribution in [3.63, 3.8) is 0 Å². The molecule has 0 saturated heterocycles. The molecule has 0 atom stereocenters. The highest BCUT2D eigenvalue weighted by atomic mass is 16.6. The van der Waals surface area contributed by atoms with E-state index < -0.39 is 11.7 Å². The molecule has 0 spiro atoms. The first-order valence-corrected chi connectivity index (χ1v) is 30.7. The summed E-state index contributed by atoms with van der Waals surface area (Å²) in [5.74, 6) is 8.88. The number of hydrogen-bond donors (Lipinski definition) is 5. The van der Waals surface area contributed by atoms with E-state index >= 15 is 0 Å². The zero-order valence-corrected chi connectivity index (χ0v) is 52.8. The van der Waals surface area contributed by atoms with Crippen LogP contribution >= 0.6 is 0 Å². The van der Waals surface area contributed by atoms with E-state index in [0.29, 0.717) is 119 Å². The molecule has 0 unspecified atom stereocenters. The maximum Gasteiger partial charge on any atom is 0.407 e. The molecule has 9 rings (SSSR count). The molecule has 0 aliphatic heterocycles. The number of rotatable bonds is 30. The van der Waals surface area contributed by atoms with Gasteiger partial charge in [0.25, 0.3) is 0 Å². The van der Waals surface area contributed by atoms with Crippen LogP contribution in [0.25, 0.3) is 65.9 Å². The third-order valence-corrected chi connectivity index (χ3v) is 13.5. The predicted octanol–water partition coefficient (Wildman–Crippen LogP) is 12.1. The molecule has 92 heavy (non-hydrogen) atoms. The van der Waals surface area contributed by atoms with Crippen LogP contribution in [0, 0.1) is 24.7 Å². The largest absolute Gasteiger partial charge is 0.490 e. The SMILES string of the molecule is C#Cc1ccc2ccc(C#C)cc2c1.CCCCOc1ccc(N=[N+]=[N-])cc1OCCCNC(=O)OC(C)(C)C.NCCCOc1ccc(-n2cc(-c3ccc4ccc(-c5cn(-c6ccc(OCCCN)c(OCCCN)c6)nn5)cc4c3)nn2)cc1OCCCN. The number of benzene rings is 7. The van der Waals surface area contributed by atoms with Gasteiger partial charge in [0, 0.05) is 51.5 Å². The first kappa shape index (κ1) is 69.2. The highest BCUT2D eigenvalue weighted by Gasteiger charge is 2.17. The predicted molar refractivity (Wildman–Crippen MR) is 361 cm³/mol. The van der Waals surface area contributed by atoms with Gasteiger partial charge in [-0.2, -0.15) is 0 Å². The number of hydrogen-bond acceptors (Lipinski definition) is 17. The van der Waals surface area contributed by atoms with Gasteiger partial charge < -0.3 is 61.4 Å². The van der Waals surface area contributed by atoms with Crippen molar-refractivity contribution in [1.82, 2.24) is 35.3 Å². The van der Waals surface area contributed by atoms with Crippen LogP contribution in [0.15, 0.2) is 145 Å². The summed E-state index contributed by atoms with van der Waals surface area (Å²) in [7, 11) is 0. The fraction of sp³-hybridized carbons (Fsp3) is 0.329. The monoisotopic (exact) mass is 1250 g/mol. The Hall–Kier alpha value is -10.3. The van der Waals surface area contributed by atoms with Crippen LogP contribution in [0.2, 0.25) is 0 Å². The normalized spacial score (nSPS) is 10.8. The maximum atomic E-state index is 11.6. The molecule has 0 fully saturated rings. The number of nitrogens with one attached hydrogen (secondary N) is 1. The van der Waals surface area contributed by atoms with Crippen LogP contribution in [-0.2, 0) is 4.74 Å². The lowest BCUT2D eigenvalue weighted by Gasteiger charge is -2.19. The third kappa shape index (κ3) is 21.4. The van der Waals surface area contributed by atoms with E-state index in [0.717, 1.165) is 105 Å². The molecule has 22 nitrogen and oxygen atoms in total. The fourth-order valence-corrected chi connectivity index (χ4v) is 8.77. The number of nitrogens with zero attached hydrogens (tertiary/aromatic N) is 9. The first-order valence-electron chi connectivity index (χ1n) is 30.7. The number of ether oxygens (including phenoxy) is 7. The summed E-state index contributed by atoms with van der Waals surface area (Å²) in [6.45, 7) is 13.1. The lowest BCUT2D eigenvalue weighted by Crippen LogP contribution is -2.33. The van der Waals surface area contributed by atoms with E-state index in [1.807, 2.05) is 118 Å². The minimum atomic E-state index is -0.521.